The van der Waals surface area contributed by atoms with E-state index < -0.39 is 11.3 Å². The summed E-state index contributed by atoms with van der Waals surface area (Å²) in [6.07, 6.45) is 0.841. The van der Waals surface area contributed by atoms with E-state index in [4.69, 9.17) is 16.3 Å². The normalized spacial score (nSPS) is 10.5. The van der Waals surface area contributed by atoms with Crippen LogP contribution in [0.4, 0.5) is 5.69 Å². The Morgan fingerprint density at radius 3 is 2.61 bits per heavy atom. The topological polar surface area (TPSA) is 73.2 Å². The van der Waals surface area contributed by atoms with Gasteiger partial charge in [-0.25, -0.2) is 4.68 Å². The minimum Gasteiger partial charge on any atom is -0.491 e. The van der Waals surface area contributed by atoms with Crippen molar-refractivity contribution in [2.45, 2.75) is 20.3 Å². The summed E-state index contributed by atoms with van der Waals surface area (Å²) in [6, 6.07) is 15.4. The molecule has 2 aromatic carbocycles. The third kappa shape index (κ3) is 4.40. The molecule has 0 fully saturated rings. The lowest BCUT2D eigenvalue weighted by Crippen LogP contribution is -2.27. The molecule has 3 aromatic rings. The second-order valence-corrected chi connectivity index (χ2v) is 6.62. The average molecular weight is 398 g/mol. The molecule has 0 bridgehead atoms. The summed E-state index contributed by atoms with van der Waals surface area (Å²) in [4.78, 5) is 25.1. The van der Waals surface area contributed by atoms with E-state index in [9.17, 15) is 9.59 Å². The van der Waals surface area contributed by atoms with Gasteiger partial charge in [0.25, 0.3) is 5.91 Å². The number of anilines is 1. The van der Waals surface area contributed by atoms with E-state index in [1.54, 1.807) is 49.4 Å². The lowest BCUT2D eigenvalue weighted by Gasteiger charge is -2.13. The van der Waals surface area contributed by atoms with E-state index in [1.807, 2.05) is 13.0 Å². The van der Waals surface area contributed by atoms with Crippen LogP contribution >= 0.6 is 11.6 Å². The zero-order valence-corrected chi connectivity index (χ0v) is 16.4. The van der Waals surface area contributed by atoms with Gasteiger partial charge in [0.2, 0.25) is 5.43 Å². The number of carbonyl (C=O) groups excluding carboxylic acids is 1. The number of nitrogens with one attached hydrogen (secondary N) is 1. The van der Waals surface area contributed by atoms with E-state index >= 15 is 0 Å². The monoisotopic (exact) mass is 397 g/mol. The second-order valence-electron chi connectivity index (χ2n) is 6.19. The third-order valence-corrected chi connectivity index (χ3v) is 4.24. The van der Waals surface area contributed by atoms with E-state index in [0.29, 0.717) is 34.4 Å². The molecule has 3 rings (SSSR count). The Hall–Kier alpha value is -3.12. The van der Waals surface area contributed by atoms with Crippen molar-refractivity contribution in [2.24, 2.45) is 0 Å². The number of nitrogens with zero attached hydrogens (tertiary/aromatic N) is 2. The number of aryl methyl sites for hydroxylation is 1. The maximum absolute atomic E-state index is 12.7. The average Bonchev–Trinajstić information content (AvgIpc) is 2.68. The van der Waals surface area contributed by atoms with Crippen molar-refractivity contribution in [1.29, 1.82) is 0 Å². The minimum atomic E-state index is -0.597. The highest BCUT2D eigenvalue weighted by atomic mass is 35.5. The summed E-state index contributed by atoms with van der Waals surface area (Å²) in [5.41, 5.74) is 1.14. The summed E-state index contributed by atoms with van der Waals surface area (Å²) in [6.45, 7) is 4.27. The molecule has 0 saturated heterocycles. The molecule has 6 nitrogen and oxygen atoms in total. The van der Waals surface area contributed by atoms with Gasteiger partial charge in [-0.15, -0.1) is 0 Å². The SMILES string of the molecule is CCCOc1ccccc1NC(=O)c1nn(-c2ccc(Cl)cc2)c(C)cc1=O. The summed E-state index contributed by atoms with van der Waals surface area (Å²) in [5, 5.41) is 7.58. The van der Waals surface area contributed by atoms with Crippen LogP contribution in [0, 0.1) is 6.92 Å². The molecule has 0 radical (unpaired) electrons. The molecule has 144 valence electrons. The van der Waals surface area contributed by atoms with Crippen LogP contribution < -0.4 is 15.5 Å². The van der Waals surface area contributed by atoms with Crippen molar-refractivity contribution < 1.29 is 9.53 Å². The van der Waals surface area contributed by atoms with Crippen molar-refractivity contribution in [2.75, 3.05) is 11.9 Å². The van der Waals surface area contributed by atoms with Crippen LogP contribution in [0.25, 0.3) is 5.69 Å². The molecule has 0 spiro atoms. The van der Waals surface area contributed by atoms with E-state index in [-0.39, 0.29) is 5.69 Å². The van der Waals surface area contributed by atoms with Crippen molar-refractivity contribution >= 4 is 23.2 Å². The molecule has 0 aliphatic heterocycles. The van der Waals surface area contributed by atoms with Gasteiger partial charge < -0.3 is 10.1 Å². The van der Waals surface area contributed by atoms with Crippen molar-refractivity contribution in [1.82, 2.24) is 9.78 Å². The molecule has 1 N–H and O–H groups in total. The third-order valence-electron chi connectivity index (χ3n) is 3.99. The van der Waals surface area contributed by atoms with Gasteiger partial charge in [-0.1, -0.05) is 30.7 Å². The fourth-order valence-corrected chi connectivity index (χ4v) is 2.76. The van der Waals surface area contributed by atoms with E-state index in [1.165, 1.54) is 10.7 Å². The largest absolute Gasteiger partial charge is 0.491 e. The Morgan fingerprint density at radius 1 is 1.18 bits per heavy atom. The Labute approximate surface area is 167 Å². The standard InChI is InChI=1S/C21H20ClN3O3/c1-3-12-28-19-7-5-4-6-17(19)23-21(27)20-18(26)13-14(2)25(24-20)16-10-8-15(22)9-11-16/h4-11,13H,3,12H2,1-2H3,(H,23,27). The smallest absolute Gasteiger partial charge is 0.280 e. The molecule has 28 heavy (non-hydrogen) atoms. The Kier molecular flexibility index (Phi) is 6.11. The Bertz CT molecular complexity index is 1050. The van der Waals surface area contributed by atoms with Gasteiger partial charge in [0.1, 0.15) is 5.75 Å². The molecule has 0 aliphatic carbocycles. The maximum Gasteiger partial charge on any atom is 0.280 e. The van der Waals surface area contributed by atoms with Gasteiger partial charge in [-0.05, 0) is 49.7 Å². The van der Waals surface area contributed by atoms with Crippen molar-refractivity contribution in [3.63, 3.8) is 0 Å². The van der Waals surface area contributed by atoms with Crippen LogP contribution in [0.1, 0.15) is 29.5 Å². The van der Waals surface area contributed by atoms with Gasteiger partial charge in [0.15, 0.2) is 5.69 Å². The number of ether oxygens (including phenoxy) is 1. The summed E-state index contributed by atoms with van der Waals surface area (Å²) >= 11 is 5.93. The van der Waals surface area contributed by atoms with Crippen molar-refractivity contribution in [3.05, 3.63) is 81.2 Å². The van der Waals surface area contributed by atoms with Crippen molar-refractivity contribution in [3.8, 4) is 11.4 Å². The predicted octanol–water partition coefficient (Wildman–Crippen LogP) is 4.24. The van der Waals surface area contributed by atoms with Crippen LogP contribution in [-0.2, 0) is 0 Å². The van der Waals surface area contributed by atoms with Crippen LogP contribution in [0.5, 0.6) is 5.75 Å². The van der Waals surface area contributed by atoms with E-state index in [0.717, 1.165) is 6.42 Å². The first-order valence-electron chi connectivity index (χ1n) is 8.89. The number of hydrogen-bond acceptors (Lipinski definition) is 4. The van der Waals surface area contributed by atoms with Crippen LogP contribution in [0.2, 0.25) is 5.02 Å². The van der Waals surface area contributed by atoms with Gasteiger partial charge in [0.05, 0.1) is 18.0 Å². The summed E-state index contributed by atoms with van der Waals surface area (Å²) in [7, 11) is 0. The Balaban J connectivity index is 1.93. The predicted molar refractivity (Wildman–Crippen MR) is 110 cm³/mol. The molecule has 0 unspecified atom stereocenters. The number of aromatic nitrogens is 2. The molecular weight excluding hydrogens is 378 g/mol. The molecule has 1 heterocycles. The molecule has 1 amide bonds. The highest BCUT2D eigenvalue weighted by Gasteiger charge is 2.17. The molecule has 0 aliphatic rings. The van der Waals surface area contributed by atoms with Gasteiger partial charge in [-0.3, -0.25) is 9.59 Å². The molecule has 7 heteroatoms. The quantitative estimate of drug-likeness (QED) is 0.675. The number of carbonyl (C=O) groups is 1. The number of halogens is 1. The fourth-order valence-electron chi connectivity index (χ4n) is 2.64. The number of hydrogen-bond donors (Lipinski definition) is 1. The van der Waals surface area contributed by atoms with E-state index in [2.05, 4.69) is 10.4 Å². The number of amides is 1. The zero-order chi connectivity index (χ0) is 20.1. The first-order valence-corrected chi connectivity index (χ1v) is 9.27. The highest BCUT2D eigenvalue weighted by molar-refractivity contribution is 6.30. The first-order chi connectivity index (χ1) is 13.5. The number of rotatable bonds is 6. The first kappa shape index (κ1) is 19.6. The minimum absolute atomic E-state index is 0.203. The van der Waals surface area contributed by atoms with Gasteiger partial charge in [0, 0.05) is 16.8 Å². The number of para-hydroxylation sites is 2. The van der Waals surface area contributed by atoms with Gasteiger partial charge >= 0.3 is 0 Å². The van der Waals surface area contributed by atoms with Gasteiger partial charge in [-0.2, -0.15) is 5.10 Å². The molecule has 0 saturated carbocycles. The maximum atomic E-state index is 12.7. The zero-order valence-electron chi connectivity index (χ0n) is 15.6. The molecule has 1 aromatic heterocycles. The van der Waals surface area contributed by atoms with Crippen LogP contribution in [-0.4, -0.2) is 22.3 Å². The molecular formula is C21H20ClN3O3. The number of benzene rings is 2. The fraction of sp³-hybridized carbons (Fsp3) is 0.190. The van der Waals surface area contributed by atoms with Crippen LogP contribution in [0.3, 0.4) is 0 Å². The second kappa shape index (κ2) is 8.71. The lowest BCUT2D eigenvalue weighted by atomic mass is 10.2. The Morgan fingerprint density at radius 2 is 1.89 bits per heavy atom. The molecule has 0 atom stereocenters. The summed E-state index contributed by atoms with van der Waals surface area (Å²) < 4.78 is 7.18. The van der Waals surface area contributed by atoms with Crippen LogP contribution in [0.15, 0.2) is 59.4 Å². The lowest BCUT2D eigenvalue weighted by molar-refractivity contribution is 0.101. The highest BCUT2D eigenvalue weighted by Crippen LogP contribution is 2.24. The summed E-state index contributed by atoms with van der Waals surface area (Å²) in [5.74, 6) is -0.0527.